The summed E-state index contributed by atoms with van der Waals surface area (Å²) in [6.45, 7) is 2.16. The molecule has 1 atom stereocenters. The first kappa shape index (κ1) is 26.3. The molecule has 0 saturated carbocycles. The molecular formula is C18H36O8S. The highest BCUT2D eigenvalue weighted by atomic mass is 32.2. The lowest BCUT2D eigenvalue weighted by molar-refractivity contribution is -0.278. The van der Waals surface area contributed by atoms with E-state index in [1.807, 2.05) is 0 Å². The number of carbonyl (C=O) groups is 1. The molecule has 0 aliphatic rings. The van der Waals surface area contributed by atoms with Gasteiger partial charge in [0.05, 0.1) is 5.25 Å². The Morgan fingerprint density at radius 3 is 1.78 bits per heavy atom. The van der Waals surface area contributed by atoms with Crippen molar-refractivity contribution in [3.8, 4) is 0 Å². The van der Waals surface area contributed by atoms with Crippen LogP contribution in [0.4, 0.5) is 0 Å². The Hall–Kier alpha value is -0.740. The Balaban J connectivity index is 3.98. The van der Waals surface area contributed by atoms with Gasteiger partial charge in [0, 0.05) is 6.42 Å². The molecule has 0 rings (SSSR count). The van der Waals surface area contributed by atoms with E-state index >= 15 is 0 Å². The van der Waals surface area contributed by atoms with Crippen LogP contribution in [0.2, 0.25) is 0 Å². The zero-order valence-electron chi connectivity index (χ0n) is 16.3. The van der Waals surface area contributed by atoms with Crippen molar-refractivity contribution < 1.29 is 38.1 Å². The van der Waals surface area contributed by atoms with Gasteiger partial charge >= 0.3 is 5.97 Å². The molecule has 0 saturated heterocycles. The van der Waals surface area contributed by atoms with E-state index < -0.39 is 27.1 Å². The molecule has 9 heteroatoms. The molecule has 0 heterocycles. The average Bonchev–Trinajstić information content (AvgIpc) is 2.60. The fourth-order valence-corrected chi connectivity index (χ4v) is 3.97. The van der Waals surface area contributed by atoms with Gasteiger partial charge in [-0.1, -0.05) is 71.1 Å². The lowest BCUT2D eigenvalue weighted by Crippen LogP contribution is -2.39. The smallest absolute Gasteiger partial charge is 0.357 e. The SMILES string of the molecule is CCCCCCCCCC(CCCCCCC(O)(O)C(=O)OO)S(=O)(=O)O. The summed E-state index contributed by atoms with van der Waals surface area (Å²) in [5, 5.41) is 26.0. The van der Waals surface area contributed by atoms with E-state index in [9.17, 15) is 28.0 Å². The topological polar surface area (TPSA) is 141 Å². The quantitative estimate of drug-likeness (QED) is 0.0936. The second-order valence-corrected chi connectivity index (χ2v) is 8.89. The molecule has 0 amide bonds. The van der Waals surface area contributed by atoms with Gasteiger partial charge in [-0.3, -0.25) is 9.44 Å². The van der Waals surface area contributed by atoms with E-state index in [1.165, 1.54) is 19.3 Å². The number of hydrogen-bond donors (Lipinski definition) is 4. The molecule has 162 valence electrons. The second kappa shape index (κ2) is 14.3. The summed E-state index contributed by atoms with van der Waals surface area (Å²) in [6, 6.07) is 0. The maximum atomic E-state index is 11.5. The monoisotopic (exact) mass is 412 g/mol. The van der Waals surface area contributed by atoms with E-state index in [2.05, 4.69) is 11.8 Å². The minimum Gasteiger partial charge on any atom is -0.357 e. The summed E-state index contributed by atoms with van der Waals surface area (Å²) in [4.78, 5) is 14.2. The van der Waals surface area contributed by atoms with Gasteiger partial charge in [-0.2, -0.15) is 13.7 Å². The summed E-state index contributed by atoms with van der Waals surface area (Å²) in [6.07, 6.45) is 10.2. The van der Waals surface area contributed by atoms with E-state index in [1.54, 1.807) is 0 Å². The lowest BCUT2D eigenvalue weighted by atomic mass is 10.0. The minimum absolute atomic E-state index is 0.286. The van der Waals surface area contributed by atoms with Gasteiger partial charge in [0.15, 0.2) is 0 Å². The highest BCUT2D eigenvalue weighted by molar-refractivity contribution is 7.86. The van der Waals surface area contributed by atoms with Crippen LogP contribution in [-0.2, 0) is 19.8 Å². The zero-order chi connectivity index (χ0) is 20.8. The molecule has 0 aromatic rings. The number of carbonyl (C=O) groups excluding carboxylic acids is 1. The van der Waals surface area contributed by atoms with Gasteiger partial charge in [-0.05, 0) is 19.3 Å². The van der Waals surface area contributed by atoms with Crippen LogP contribution >= 0.6 is 0 Å². The standard InChI is InChI=1S/C18H36O8S/c1-2-3-4-5-6-7-10-13-16(27(23,24)25)14-11-8-9-12-15-18(20,21)17(19)26-22/h16,20-22H,2-15H2,1H3,(H,23,24,25). The van der Waals surface area contributed by atoms with E-state index in [4.69, 9.17) is 5.26 Å². The first-order valence-electron chi connectivity index (χ1n) is 9.92. The van der Waals surface area contributed by atoms with Gasteiger partial charge in [-0.15, -0.1) is 0 Å². The van der Waals surface area contributed by atoms with Crippen LogP contribution in [-0.4, -0.2) is 45.4 Å². The molecule has 4 N–H and O–H groups in total. The second-order valence-electron chi connectivity index (χ2n) is 7.20. The van der Waals surface area contributed by atoms with Crippen LogP contribution in [0.5, 0.6) is 0 Å². The van der Waals surface area contributed by atoms with Crippen molar-refractivity contribution >= 4 is 16.1 Å². The first-order chi connectivity index (χ1) is 12.6. The Labute approximate surface area is 162 Å². The molecule has 0 aromatic heterocycles. The molecule has 0 spiro atoms. The number of hydrogen-bond acceptors (Lipinski definition) is 7. The van der Waals surface area contributed by atoms with Crippen molar-refractivity contribution in [1.82, 2.24) is 0 Å². The lowest BCUT2D eigenvalue weighted by Gasteiger charge is -2.17. The van der Waals surface area contributed by atoms with Crippen molar-refractivity contribution in [2.75, 3.05) is 0 Å². The van der Waals surface area contributed by atoms with Crippen molar-refractivity contribution in [1.29, 1.82) is 0 Å². The average molecular weight is 413 g/mol. The van der Waals surface area contributed by atoms with Crippen LogP contribution in [0.25, 0.3) is 0 Å². The largest absolute Gasteiger partial charge is 0.400 e. The third-order valence-corrected chi connectivity index (χ3v) is 6.08. The number of aliphatic hydroxyl groups is 2. The molecule has 0 aromatic carbocycles. The molecular weight excluding hydrogens is 376 g/mol. The molecule has 8 nitrogen and oxygen atoms in total. The highest BCUT2D eigenvalue weighted by Gasteiger charge is 2.35. The van der Waals surface area contributed by atoms with Crippen LogP contribution < -0.4 is 0 Å². The molecule has 27 heavy (non-hydrogen) atoms. The van der Waals surface area contributed by atoms with E-state index in [-0.39, 0.29) is 6.42 Å². The number of rotatable bonds is 17. The Bertz CT molecular complexity index is 490. The Morgan fingerprint density at radius 2 is 1.33 bits per heavy atom. The van der Waals surface area contributed by atoms with Crippen LogP contribution in [0.15, 0.2) is 0 Å². The van der Waals surface area contributed by atoms with Crippen molar-refractivity contribution in [3.05, 3.63) is 0 Å². The third-order valence-electron chi connectivity index (χ3n) is 4.76. The summed E-state index contributed by atoms with van der Waals surface area (Å²) in [5.41, 5.74) is 0. The van der Waals surface area contributed by atoms with Gasteiger partial charge in [0.1, 0.15) is 0 Å². The van der Waals surface area contributed by atoms with Gasteiger partial charge in [0.2, 0.25) is 0 Å². The fourth-order valence-electron chi connectivity index (χ4n) is 3.04. The summed E-state index contributed by atoms with van der Waals surface area (Å²) in [5.74, 6) is -4.24. The van der Waals surface area contributed by atoms with Crippen LogP contribution in [0, 0.1) is 0 Å². The Kier molecular flexibility index (Phi) is 13.9. The summed E-state index contributed by atoms with van der Waals surface area (Å²) < 4.78 is 32.4. The van der Waals surface area contributed by atoms with Crippen molar-refractivity contribution in [2.45, 2.75) is 108 Å². The van der Waals surface area contributed by atoms with Gasteiger partial charge in [0.25, 0.3) is 15.9 Å². The highest BCUT2D eigenvalue weighted by Crippen LogP contribution is 2.20. The maximum absolute atomic E-state index is 11.5. The molecule has 0 bridgehead atoms. The molecule has 1 unspecified atom stereocenters. The normalized spacial score (nSPS) is 13.5. The van der Waals surface area contributed by atoms with Crippen LogP contribution in [0.3, 0.4) is 0 Å². The molecule has 0 radical (unpaired) electrons. The van der Waals surface area contributed by atoms with E-state index in [0.29, 0.717) is 38.5 Å². The number of unbranched alkanes of at least 4 members (excludes halogenated alkanes) is 9. The minimum atomic E-state index is -4.07. The molecule has 0 aliphatic heterocycles. The van der Waals surface area contributed by atoms with Gasteiger partial charge < -0.3 is 10.2 Å². The maximum Gasteiger partial charge on any atom is 0.400 e. The third kappa shape index (κ3) is 13.1. The Morgan fingerprint density at radius 1 is 0.889 bits per heavy atom. The van der Waals surface area contributed by atoms with E-state index in [0.717, 1.165) is 25.7 Å². The molecule has 0 fully saturated rings. The molecule has 0 aliphatic carbocycles. The predicted octanol–water partition coefficient (Wildman–Crippen LogP) is 3.42. The summed E-state index contributed by atoms with van der Waals surface area (Å²) in [7, 11) is -4.07. The fraction of sp³-hybridized carbons (Fsp3) is 0.944. The predicted molar refractivity (Wildman–Crippen MR) is 102 cm³/mol. The first-order valence-corrected chi connectivity index (χ1v) is 11.4. The van der Waals surface area contributed by atoms with Gasteiger partial charge in [-0.25, -0.2) is 4.79 Å². The zero-order valence-corrected chi connectivity index (χ0v) is 17.1. The summed E-state index contributed by atoms with van der Waals surface area (Å²) >= 11 is 0. The van der Waals surface area contributed by atoms with Crippen molar-refractivity contribution in [2.24, 2.45) is 0 Å². The van der Waals surface area contributed by atoms with Crippen LogP contribution in [0.1, 0.15) is 96.8 Å². The van der Waals surface area contributed by atoms with Crippen molar-refractivity contribution in [3.63, 3.8) is 0 Å².